The molecule has 2 aromatic carbocycles. The number of amides is 3. The van der Waals surface area contributed by atoms with E-state index < -0.39 is 5.92 Å². The highest BCUT2D eigenvalue weighted by Gasteiger charge is 2.36. The summed E-state index contributed by atoms with van der Waals surface area (Å²) in [7, 11) is 0. The van der Waals surface area contributed by atoms with Crippen molar-refractivity contribution in [1.29, 1.82) is 0 Å². The van der Waals surface area contributed by atoms with E-state index in [0.29, 0.717) is 37.6 Å². The molecule has 1 fully saturated rings. The van der Waals surface area contributed by atoms with E-state index in [2.05, 4.69) is 5.32 Å². The van der Waals surface area contributed by atoms with Crippen LogP contribution in [0, 0.1) is 5.92 Å². The monoisotopic (exact) mass is 435 g/mol. The number of fused-ring (bicyclic) bond motifs is 2. The Labute approximate surface area is 186 Å². The zero-order valence-corrected chi connectivity index (χ0v) is 17.9. The number of nitrogens with zero attached hydrogens (tertiary/aromatic N) is 2. The van der Waals surface area contributed by atoms with Gasteiger partial charge in [0.05, 0.1) is 5.92 Å². The molecule has 8 nitrogen and oxygen atoms in total. The number of rotatable bonds is 5. The Morgan fingerprint density at radius 2 is 1.97 bits per heavy atom. The molecule has 0 spiro atoms. The van der Waals surface area contributed by atoms with Gasteiger partial charge in [-0.05, 0) is 47.9 Å². The van der Waals surface area contributed by atoms with Gasteiger partial charge in [0.25, 0.3) is 0 Å². The van der Waals surface area contributed by atoms with E-state index in [0.717, 1.165) is 28.9 Å². The maximum atomic E-state index is 12.7. The van der Waals surface area contributed by atoms with Crippen LogP contribution in [-0.4, -0.2) is 37.6 Å². The minimum absolute atomic E-state index is 0.0623. The van der Waals surface area contributed by atoms with Gasteiger partial charge in [0.1, 0.15) is 0 Å². The van der Waals surface area contributed by atoms with Crippen LogP contribution >= 0.6 is 0 Å². The first-order valence-electron chi connectivity index (χ1n) is 10.9. The maximum Gasteiger partial charge on any atom is 0.231 e. The molecule has 166 valence electrons. The number of hydrogen-bond donors (Lipinski definition) is 1. The molecule has 8 heteroatoms. The van der Waals surface area contributed by atoms with Crippen molar-refractivity contribution in [3.8, 4) is 11.5 Å². The van der Waals surface area contributed by atoms with Crippen molar-refractivity contribution >= 4 is 29.1 Å². The number of nitrogens with one attached hydrogen (secondary N) is 1. The van der Waals surface area contributed by atoms with E-state index in [4.69, 9.17) is 9.47 Å². The van der Waals surface area contributed by atoms with E-state index in [1.54, 1.807) is 9.80 Å². The normalized spacial score (nSPS) is 18.8. The molecule has 0 saturated carbocycles. The molecule has 5 rings (SSSR count). The summed E-state index contributed by atoms with van der Waals surface area (Å²) in [6, 6.07) is 11.3. The Kier molecular flexibility index (Phi) is 5.20. The third-order valence-electron chi connectivity index (χ3n) is 6.27. The van der Waals surface area contributed by atoms with E-state index in [9.17, 15) is 14.4 Å². The van der Waals surface area contributed by atoms with Crippen LogP contribution in [0.3, 0.4) is 0 Å². The van der Waals surface area contributed by atoms with Gasteiger partial charge < -0.3 is 24.6 Å². The largest absolute Gasteiger partial charge is 0.454 e. The van der Waals surface area contributed by atoms with Gasteiger partial charge in [0.15, 0.2) is 11.5 Å². The predicted octanol–water partition coefficient (Wildman–Crippen LogP) is 2.38. The van der Waals surface area contributed by atoms with Crippen LogP contribution in [0.1, 0.15) is 30.9 Å². The second-order valence-electron chi connectivity index (χ2n) is 8.27. The van der Waals surface area contributed by atoms with Crippen molar-refractivity contribution in [2.45, 2.75) is 32.7 Å². The van der Waals surface area contributed by atoms with E-state index in [1.165, 1.54) is 0 Å². The third-order valence-corrected chi connectivity index (χ3v) is 6.27. The molecular weight excluding hydrogens is 410 g/mol. The molecule has 3 aliphatic rings. The van der Waals surface area contributed by atoms with Gasteiger partial charge >= 0.3 is 0 Å². The molecule has 32 heavy (non-hydrogen) atoms. The zero-order valence-electron chi connectivity index (χ0n) is 17.9. The number of hydrogen-bond acceptors (Lipinski definition) is 5. The van der Waals surface area contributed by atoms with Gasteiger partial charge in [0, 0.05) is 43.9 Å². The summed E-state index contributed by atoms with van der Waals surface area (Å²) in [5, 5.41) is 2.93. The molecule has 3 aliphatic heterocycles. The van der Waals surface area contributed by atoms with E-state index >= 15 is 0 Å². The Balaban J connectivity index is 1.22. The molecule has 0 aliphatic carbocycles. The van der Waals surface area contributed by atoms with Crippen molar-refractivity contribution in [3.05, 3.63) is 47.5 Å². The van der Waals surface area contributed by atoms with Crippen molar-refractivity contribution in [1.82, 2.24) is 5.32 Å². The van der Waals surface area contributed by atoms with E-state index in [1.807, 2.05) is 43.3 Å². The molecular formula is C24H25N3O5. The first kappa shape index (κ1) is 20.4. The van der Waals surface area contributed by atoms with Crippen molar-refractivity contribution in [2.75, 3.05) is 29.7 Å². The fraction of sp³-hybridized carbons (Fsp3) is 0.375. The summed E-state index contributed by atoms with van der Waals surface area (Å²) in [5.74, 6) is 0.881. The summed E-state index contributed by atoms with van der Waals surface area (Å²) in [6.07, 6.45) is 1.43. The van der Waals surface area contributed by atoms with E-state index in [-0.39, 0.29) is 30.9 Å². The van der Waals surface area contributed by atoms with Gasteiger partial charge in [-0.15, -0.1) is 0 Å². The number of carbonyl (C=O) groups is 3. The van der Waals surface area contributed by atoms with Gasteiger partial charge in [-0.2, -0.15) is 0 Å². The molecule has 0 radical (unpaired) electrons. The van der Waals surface area contributed by atoms with Gasteiger partial charge in [-0.25, -0.2) is 0 Å². The standard InChI is InChI=1S/C24H25N3O5/c1-2-22(28)26-8-7-16-10-18(4-5-19(16)26)27-13-17(11-23(27)29)24(30)25-12-15-3-6-20-21(9-15)32-14-31-20/h3-6,9-10,17H,2,7-8,11-14H2,1H3,(H,25,30)/t17-/m1/s1. The van der Waals surface area contributed by atoms with Gasteiger partial charge in [0.2, 0.25) is 24.5 Å². The lowest BCUT2D eigenvalue weighted by atomic mass is 10.1. The van der Waals surface area contributed by atoms with Crippen LogP contribution in [0.4, 0.5) is 11.4 Å². The van der Waals surface area contributed by atoms with Crippen LogP contribution in [0.15, 0.2) is 36.4 Å². The number of ether oxygens (including phenoxy) is 2. The Bertz CT molecular complexity index is 1100. The highest BCUT2D eigenvalue weighted by atomic mass is 16.7. The van der Waals surface area contributed by atoms with Gasteiger partial charge in [-0.3, -0.25) is 14.4 Å². The highest BCUT2D eigenvalue weighted by Crippen LogP contribution is 2.35. The average Bonchev–Trinajstić information content (AvgIpc) is 3.54. The zero-order chi connectivity index (χ0) is 22.2. The van der Waals surface area contributed by atoms with Crippen molar-refractivity contribution < 1.29 is 23.9 Å². The number of carbonyl (C=O) groups excluding carboxylic acids is 3. The molecule has 0 aromatic heterocycles. The molecule has 1 atom stereocenters. The average molecular weight is 435 g/mol. The fourth-order valence-electron chi connectivity index (χ4n) is 4.52. The molecule has 1 saturated heterocycles. The second kappa shape index (κ2) is 8.18. The predicted molar refractivity (Wildman–Crippen MR) is 118 cm³/mol. The quantitative estimate of drug-likeness (QED) is 0.779. The molecule has 0 bridgehead atoms. The lowest BCUT2D eigenvalue weighted by Gasteiger charge is -2.20. The summed E-state index contributed by atoms with van der Waals surface area (Å²) in [5.41, 5.74) is 3.68. The molecule has 3 amide bonds. The summed E-state index contributed by atoms with van der Waals surface area (Å²) < 4.78 is 10.7. The van der Waals surface area contributed by atoms with Crippen LogP contribution in [0.25, 0.3) is 0 Å². The minimum atomic E-state index is -0.400. The fourth-order valence-corrected chi connectivity index (χ4v) is 4.52. The lowest BCUT2D eigenvalue weighted by molar-refractivity contribution is -0.126. The second-order valence-corrected chi connectivity index (χ2v) is 8.27. The Morgan fingerprint density at radius 1 is 1.12 bits per heavy atom. The molecule has 2 aromatic rings. The summed E-state index contributed by atoms with van der Waals surface area (Å²) >= 11 is 0. The molecule has 1 N–H and O–H groups in total. The van der Waals surface area contributed by atoms with Gasteiger partial charge in [-0.1, -0.05) is 13.0 Å². The maximum absolute atomic E-state index is 12.7. The summed E-state index contributed by atoms with van der Waals surface area (Å²) in [4.78, 5) is 41.0. The van der Waals surface area contributed by atoms with Crippen LogP contribution in [0.5, 0.6) is 11.5 Å². The molecule has 3 heterocycles. The van der Waals surface area contributed by atoms with Crippen LogP contribution in [-0.2, 0) is 27.3 Å². The van der Waals surface area contributed by atoms with Crippen LogP contribution in [0.2, 0.25) is 0 Å². The Hall–Kier alpha value is -3.55. The summed E-state index contributed by atoms with van der Waals surface area (Å²) in [6.45, 7) is 3.45. The SMILES string of the molecule is CCC(=O)N1CCc2cc(N3C[C@H](C(=O)NCc4ccc5c(c4)OCO5)CC3=O)ccc21. The van der Waals surface area contributed by atoms with Crippen molar-refractivity contribution in [3.63, 3.8) is 0 Å². The van der Waals surface area contributed by atoms with Crippen LogP contribution < -0.4 is 24.6 Å². The molecule has 0 unspecified atom stereocenters. The highest BCUT2D eigenvalue weighted by molar-refractivity contribution is 6.01. The lowest BCUT2D eigenvalue weighted by Crippen LogP contribution is -2.32. The third kappa shape index (κ3) is 3.66. The first-order chi connectivity index (χ1) is 15.5. The smallest absolute Gasteiger partial charge is 0.231 e. The number of anilines is 2. The van der Waals surface area contributed by atoms with Crippen molar-refractivity contribution in [2.24, 2.45) is 5.92 Å². The first-order valence-corrected chi connectivity index (χ1v) is 10.9. The minimum Gasteiger partial charge on any atom is -0.454 e. The number of benzene rings is 2. The Morgan fingerprint density at radius 3 is 2.81 bits per heavy atom. The topological polar surface area (TPSA) is 88.2 Å².